The molecule has 1 N–H and O–H groups in total. The Hall–Kier alpha value is -2.51. The first kappa shape index (κ1) is 12.5. The third-order valence-corrected chi connectivity index (χ3v) is 3.31. The number of furan rings is 1. The van der Waals surface area contributed by atoms with E-state index in [4.69, 9.17) is 9.68 Å². The molecular weight excluding hydrogens is 250 g/mol. The number of fused-ring (bicyclic) bond motifs is 1. The van der Waals surface area contributed by atoms with Crippen LogP contribution < -0.4 is 5.32 Å². The first-order valence-corrected chi connectivity index (χ1v) is 6.59. The van der Waals surface area contributed by atoms with Crippen LogP contribution in [0.4, 0.5) is 0 Å². The van der Waals surface area contributed by atoms with Gasteiger partial charge in [0.1, 0.15) is 5.76 Å². The van der Waals surface area contributed by atoms with Crippen LogP contribution >= 0.6 is 0 Å². The summed E-state index contributed by atoms with van der Waals surface area (Å²) < 4.78 is 7.42. The Bertz CT molecular complexity index is 735. The molecule has 4 heteroatoms. The molecule has 0 fully saturated rings. The Kier molecular flexibility index (Phi) is 3.53. The molecule has 3 rings (SSSR count). The standard InChI is InChI=1S/C16H15N3O/c17-11-13-3-4-14-5-7-19(16(14)10-13)8-6-18-12-15-2-1-9-20-15/h1-5,7,9-10,18H,6,8,12H2. The molecule has 0 aliphatic rings. The van der Waals surface area contributed by atoms with Gasteiger partial charge in [-0.1, -0.05) is 6.07 Å². The lowest BCUT2D eigenvalue weighted by molar-refractivity contribution is 0.477. The van der Waals surface area contributed by atoms with Crippen molar-refractivity contribution in [3.05, 3.63) is 60.2 Å². The van der Waals surface area contributed by atoms with Crippen molar-refractivity contribution in [1.29, 1.82) is 5.26 Å². The van der Waals surface area contributed by atoms with Crippen LogP contribution in [0.3, 0.4) is 0 Å². The van der Waals surface area contributed by atoms with E-state index < -0.39 is 0 Å². The van der Waals surface area contributed by atoms with Gasteiger partial charge in [-0.2, -0.15) is 5.26 Å². The highest BCUT2D eigenvalue weighted by atomic mass is 16.3. The lowest BCUT2D eigenvalue weighted by Gasteiger charge is -2.06. The van der Waals surface area contributed by atoms with Gasteiger partial charge >= 0.3 is 0 Å². The van der Waals surface area contributed by atoms with E-state index in [1.807, 2.05) is 30.3 Å². The molecule has 4 nitrogen and oxygen atoms in total. The molecule has 0 aliphatic carbocycles. The third kappa shape index (κ3) is 2.58. The van der Waals surface area contributed by atoms with Gasteiger partial charge in [0.05, 0.1) is 24.4 Å². The maximum Gasteiger partial charge on any atom is 0.117 e. The summed E-state index contributed by atoms with van der Waals surface area (Å²) in [5, 5.41) is 13.5. The van der Waals surface area contributed by atoms with Crippen molar-refractivity contribution >= 4 is 10.9 Å². The van der Waals surface area contributed by atoms with Gasteiger partial charge in [-0.3, -0.25) is 0 Å². The molecule has 0 unspecified atom stereocenters. The molecule has 3 aromatic rings. The summed E-state index contributed by atoms with van der Waals surface area (Å²) in [6.07, 6.45) is 3.74. The van der Waals surface area contributed by atoms with Gasteiger partial charge in [0.15, 0.2) is 0 Å². The van der Waals surface area contributed by atoms with Gasteiger partial charge in [0, 0.05) is 24.8 Å². The number of benzene rings is 1. The van der Waals surface area contributed by atoms with E-state index in [2.05, 4.69) is 28.2 Å². The van der Waals surface area contributed by atoms with E-state index in [9.17, 15) is 0 Å². The van der Waals surface area contributed by atoms with E-state index in [-0.39, 0.29) is 0 Å². The highest BCUT2D eigenvalue weighted by Crippen LogP contribution is 2.17. The Morgan fingerprint density at radius 1 is 1.25 bits per heavy atom. The second kappa shape index (κ2) is 5.64. The molecule has 2 heterocycles. The fourth-order valence-corrected chi connectivity index (χ4v) is 2.27. The van der Waals surface area contributed by atoms with Crippen LogP contribution in [0.1, 0.15) is 11.3 Å². The van der Waals surface area contributed by atoms with Crippen molar-refractivity contribution in [2.75, 3.05) is 6.54 Å². The second-order valence-corrected chi connectivity index (χ2v) is 4.65. The third-order valence-electron chi connectivity index (χ3n) is 3.31. The average molecular weight is 265 g/mol. The predicted octanol–water partition coefficient (Wildman–Crippen LogP) is 2.90. The molecule has 0 bridgehead atoms. The highest BCUT2D eigenvalue weighted by molar-refractivity contribution is 5.81. The predicted molar refractivity (Wildman–Crippen MR) is 77.1 cm³/mol. The maximum absolute atomic E-state index is 8.96. The summed E-state index contributed by atoms with van der Waals surface area (Å²) in [6, 6.07) is 13.9. The molecule has 0 saturated heterocycles. The molecule has 100 valence electrons. The second-order valence-electron chi connectivity index (χ2n) is 4.65. The lowest BCUT2D eigenvalue weighted by Crippen LogP contribution is -2.18. The summed E-state index contributed by atoms with van der Waals surface area (Å²) in [4.78, 5) is 0. The molecule has 20 heavy (non-hydrogen) atoms. The fourth-order valence-electron chi connectivity index (χ4n) is 2.27. The molecule has 0 spiro atoms. The average Bonchev–Trinajstić information content (AvgIpc) is 3.13. The molecule has 0 aliphatic heterocycles. The normalized spacial score (nSPS) is 10.8. The van der Waals surface area contributed by atoms with Crippen molar-refractivity contribution in [3.63, 3.8) is 0 Å². The van der Waals surface area contributed by atoms with Crippen LogP contribution in [0.2, 0.25) is 0 Å². The number of hydrogen-bond donors (Lipinski definition) is 1. The summed E-state index contributed by atoms with van der Waals surface area (Å²) in [5.41, 5.74) is 1.80. The zero-order valence-electron chi connectivity index (χ0n) is 11.0. The number of hydrogen-bond acceptors (Lipinski definition) is 3. The van der Waals surface area contributed by atoms with E-state index >= 15 is 0 Å². The Balaban J connectivity index is 1.64. The Labute approximate surface area is 117 Å². The van der Waals surface area contributed by atoms with E-state index in [0.29, 0.717) is 5.56 Å². The van der Waals surface area contributed by atoms with Crippen LogP contribution in [-0.2, 0) is 13.1 Å². The largest absolute Gasteiger partial charge is 0.468 e. The molecule has 0 atom stereocenters. The molecule has 0 amide bonds. The van der Waals surface area contributed by atoms with E-state index in [1.54, 1.807) is 6.26 Å². The maximum atomic E-state index is 8.96. The van der Waals surface area contributed by atoms with Gasteiger partial charge in [0.25, 0.3) is 0 Å². The van der Waals surface area contributed by atoms with Gasteiger partial charge < -0.3 is 14.3 Å². The summed E-state index contributed by atoms with van der Waals surface area (Å²) >= 11 is 0. The van der Waals surface area contributed by atoms with Gasteiger partial charge in [0.2, 0.25) is 0 Å². The minimum absolute atomic E-state index is 0.695. The minimum Gasteiger partial charge on any atom is -0.468 e. The van der Waals surface area contributed by atoms with Crippen LogP contribution in [0, 0.1) is 11.3 Å². The zero-order valence-corrected chi connectivity index (χ0v) is 11.0. The first-order chi connectivity index (χ1) is 9.86. The van der Waals surface area contributed by atoms with Crippen molar-refractivity contribution in [3.8, 4) is 6.07 Å². The van der Waals surface area contributed by atoms with Crippen molar-refractivity contribution < 1.29 is 4.42 Å². The summed E-state index contributed by atoms with van der Waals surface area (Å²) in [5.74, 6) is 0.939. The van der Waals surface area contributed by atoms with Gasteiger partial charge in [-0.05, 0) is 35.7 Å². The van der Waals surface area contributed by atoms with Crippen LogP contribution in [0.25, 0.3) is 10.9 Å². The van der Waals surface area contributed by atoms with Crippen molar-refractivity contribution in [2.45, 2.75) is 13.1 Å². The van der Waals surface area contributed by atoms with Crippen LogP contribution in [-0.4, -0.2) is 11.1 Å². The molecule has 0 radical (unpaired) electrons. The highest BCUT2D eigenvalue weighted by Gasteiger charge is 2.02. The molecule has 2 aromatic heterocycles. The van der Waals surface area contributed by atoms with E-state index in [0.717, 1.165) is 36.3 Å². The number of nitriles is 1. The zero-order chi connectivity index (χ0) is 13.8. The SMILES string of the molecule is N#Cc1ccc2ccn(CCNCc3ccco3)c2c1. The summed E-state index contributed by atoms with van der Waals surface area (Å²) in [6.45, 7) is 2.44. The Morgan fingerprint density at radius 3 is 3.00 bits per heavy atom. The van der Waals surface area contributed by atoms with E-state index in [1.165, 1.54) is 0 Å². The number of nitrogens with one attached hydrogen (secondary N) is 1. The number of rotatable bonds is 5. The summed E-state index contributed by atoms with van der Waals surface area (Å²) in [7, 11) is 0. The quantitative estimate of drug-likeness (QED) is 0.722. The molecular formula is C16H15N3O. The Morgan fingerprint density at radius 2 is 2.20 bits per heavy atom. The topological polar surface area (TPSA) is 53.9 Å². The van der Waals surface area contributed by atoms with Crippen molar-refractivity contribution in [2.24, 2.45) is 0 Å². The van der Waals surface area contributed by atoms with Gasteiger partial charge in [-0.25, -0.2) is 0 Å². The van der Waals surface area contributed by atoms with Crippen molar-refractivity contribution in [1.82, 2.24) is 9.88 Å². The smallest absolute Gasteiger partial charge is 0.117 e. The number of aromatic nitrogens is 1. The molecule has 1 aromatic carbocycles. The van der Waals surface area contributed by atoms with Crippen LogP contribution in [0.15, 0.2) is 53.3 Å². The first-order valence-electron chi connectivity index (χ1n) is 6.59. The number of nitrogens with zero attached hydrogens (tertiary/aromatic N) is 2. The minimum atomic E-state index is 0.695. The monoisotopic (exact) mass is 265 g/mol. The van der Waals surface area contributed by atoms with Crippen LogP contribution in [0.5, 0.6) is 0 Å². The fraction of sp³-hybridized carbons (Fsp3) is 0.188. The van der Waals surface area contributed by atoms with Gasteiger partial charge in [-0.15, -0.1) is 0 Å². The molecule has 0 saturated carbocycles. The lowest BCUT2D eigenvalue weighted by atomic mass is 10.2.